The van der Waals surface area contributed by atoms with Gasteiger partial charge in [-0.15, -0.1) is 0 Å². The highest BCUT2D eigenvalue weighted by molar-refractivity contribution is 7.07. The molecule has 112 valence electrons. The van der Waals surface area contributed by atoms with Crippen LogP contribution in [0.5, 0.6) is 0 Å². The lowest BCUT2D eigenvalue weighted by atomic mass is 10.1. The molecule has 0 radical (unpaired) electrons. The number of thiophene rings is 1. The summed E-state index contributed by atoms with van der Waals surface area (Å²) in [4.78, 5) is 14.4. The van der Waals surface area contributed by atoms with Crippen LogP contribution in [0.15, 0.2) is 39.6 Å². The average molecular weight is 306 g/mol. The van der Waals surface area contributed by atoms with Gasteiger partial charge in [0.2, 0.25) is 0 Å². The van der Waals surface area contributed by atoms with Crippen molar-refractivity contribution in [3.8, 4) is 0 Å². The van der Waals surface area contributed by atoms with E-state index in [0.717, 1.165) is 26.3 Å². The maximum absolute atomic E-state index is 12.0. The molecular formula is C15H18N2O3S. The van der Waals surface area contributed by atoms with Crippen molar-refractivity contribution in [3.05, 3.63) is 46.5 Å². The lowest BCUT2D eigenvalue weighted by molar-refractivity contribution is 0.0162. The molecule has 0 aliphatic carbocycles. The fourth-order valence-electron chi connectivity index (χ4n) is 2.50. The van der Waals surface area contributed by atoms with Crippen LogP contribution in [0, 0.1) is 0 Å². The number of rotatable bonds is 5. The summed E-state index contributed by atoms with van der Waals surface area (Å²) in [5, 5.41) is 7.16. The Morgan fingerprint density at radius 1 is 1.38 bits per heavy atom. The minimum atomic E-state index is -0.173. The van der Waals surface area contributed by atoms with Gasteiger partial charge in [0.1, 0.15) is 0 Å². The first-order valence-corrected chi connectivity index (χ1v) is 7.94. The minimum absolute atomic E-state index is 0.173. The van der Waals surface area contributed by atoms with Gasteiger partial charge < -0.3 is 14.5 Å². The molecule has 1 saturated heterocycles. The van der Waals surface area contributed by atoms with Crippen LogP contribution in [0.2, 0.25) is 0 Å². The van der Waals surface area contributed by atoms with Gasteiger partial charge in [0.25, 0.3) is 5.91 Å². The molecule has 1 aliphatic rings. The summed E-state index contributed by atoms with van der Waals surface area (Å²) in [5.74, 6) is 0.175. The van der Waals surface area contributed by atoms with E-state index in [2.05, 4.69) is 27.0 Å². The Hall–Kier alpha value is -1.63. The van der Waals surface area contributed by atoms with E-state index in [4.69, 9.17) is 9.15 Å². The molecule has 6 heteroatoms. The van der Waals surface area contributed by atoms with E-state index in [1.165, 1.54) is 11.8 Å². The van der Waals surface area contributed by atoms with Crippen LogP contribution in [0.25, 0.3) is 0 Å². The smallest absolute Gasteiger partial charge is 0.287 e. The topological polar surface area (TPSA) is 54.7 Å². The number of carbonyl (C=O) groups is 1. The number of ether oxygens (including phenoxy) is 1. The third kappa shape index (κ3) is 3.53. The second-order valence-corrected chi connectivity index (χ2v) is 5.69. The highest BCUT2D eigenvalue weighted by atomic mass is 32.1. The second-order valence-electron chi connectivity index (χ2n) is 4.91. The molecule has 1 amide bonds. The number of morpholine rings is 1. The molecule has 21 heavy (non-hydrogen) atoms. The molecular weight excluding hydrogens is 288 g/mol. The SMILES string of the molecule is O=C(NCC(c1ccsc1)N1CCOCC1)c1ccco1. The van der Waals surface area contributed by atoms with Gasteiger partial charge in [0.15, 0.2) is 5.76 Å². The van der Waals surface area contributed by atoms with Gasteiger partial charge in [-0.05, 0) is 34.5 Å². The van der Waals surface area contributed by atoms with Crippen LogP contribution in [-0.4, -0.2) is 43.7 Å². The highest BCUT2D eigenvalue weighted by Gasteiger charge is 2.23. The predicted octanol–water partition coefficient (Wildman–Crippen LogP) is 2.14. The molecule has 2 aromatic heterocycles. The molecule has 1 aliphatic heterocycles. The van der Waals surface area contributed by atoms with Crippen LogP contribution >= 0.6 is 11.3 Å². The fourth-order valence-corrected chi connectivity index (χ4v) is 3.20. The van der Waals surface area contributed by atoms with Gasteiger partial charge in [0.05, 0.1) is 25.5 Å². The highest BCUT2D eigenvalue weighted by Crippen LogP contribution is 2.23. The number of hydrogen-bond donors (Lipinski definition) is 1. The van der Waals surface area contributed by atoms with Crippen molar-refractivity contribution < 1.29 is 13.9 Å². The quantitative estimate of drug-likeness (QED) is 0.919. The predicted molar refractivity (Wildman–Crippen MR) is 80.5 cm³/mol. The zero-order valence-corrected chi connectivity index (χ0v) is 12.5. The van der Waals surface area contributed by atoms with Crippen LogP contribution in [0.4, 0.5) is 0 Å². The standard InChI is InChI=1S/C15H18N2O3S/c18-15(14-2-1-6-20-14)16-10-13(12-3-9-21-11-12)17-4-7-19-8-5-17/h1-3,6,9,11,13H,4-5,7-8,10H2,(H,16,18). The molecule has 1 N–H and O–H groups in total. The van der Waals surface area contributed by atoms with Gasteiger partial charge in [-0.2, -0.15) is 11.3 Å². The molecule has 0 aromatic carbocycles. The molecule has 5 nitrogen and oxygen atoms in total. The third-order valence-electron chi connectivity index (χ3n) is 3.62. The Bertz CT molecular complexity index is 548. The largest absolute Gasteiger partial charge is 0.459 e. The monoisotopic (exact) mass is 306 g/mol. The first-order chi connectivity index (χ1) is 10.3. The van der Waals surface area contributed by atoms with E-state index in [1.807, 2.05) is 0 Å². The lowest BCUT2D eigenvalue weighted by Gasteiger charge is -2.34. The molecule has 1 fully saturated rings. The van der Waals surface area contributed by atoms with E-state index >= 15 is 0 Å². The van der Waals surface area contributed by atoms with E-state index < -0.39 is 0 Å². The normalized spacial score (nSPS) is 17.5. The molecule has 0 saturated carbocycles. The van der Waals surface area contributed by atoms with Crippen LogP contribution in [0.3, 0.4) is 0 Å². The Labute approximate surface area is 127 Å². The van der Waals surface area contributed by atoms with E-state index in [9.17, 15) is 4.79 Å². The summed E-state index contributed by atoms with van der Waals surface area (Å²) < 4.78 is 10.5. The van der Waals surface area contributed by atoms with Gasteiger partial charge >= 0.3 is 0 Å². The number of furan rings is 1. The average Bonchev–Trinajstić information content (AvgIpc) is 3.22. The van der Waals surface area contributed by atoms with Gasteiger partial charge in [-0.1, -0.05) is 0 Å². The Balaban J connectivity index is 1.66. The summed E-state index contributed by atoms with van der Waals surface area (Å²) in [6, 6.07) is 5.68. The van der Waals surface area contributed by atoms with Crippen molar-refractivity contribution in [1.82, 2.24) is 10.2 Å². The van der Waals surface area contributed by atoms with Crippen molar-refractivity contribution in [3.63, 3.8) is 0 Å². The molecule has 1 atom stereocenters. The van der Waals surface area contributed by atoms with E-state index in [-0.39, 0.29) is 11.9 Å². The van der Waals surface area contributed by atoms with Crippen molar-refractivity contribution in [1.29, 1.82) is 0 Å². The zero-order valence-electron chi connectivity index (χ0n) is 11.7. The van der Waals surface area contributed by atoms with Gasteiger partial charge in [0, 0.05) is 19.6 Å². The summed E-state index contributed by atoms with van der Waals surface area (Å²) in [6.07, 6.45) is 1.51. The Morgan fingerprint density at radius 2 is 2.24 bits per heavy atom. The first-order valence-electron chi connectivity index (χ1n) is 7.00. The number of nitrogens with one attached hydrogen (secondary N) is 1. The molecule has 3 heterocycles. The molecule has 0 spiro atoms. The first kappa shape index (κ1) is 14.3. The minimum Gasteiger partial charge on any atom is -0.459 e. The zero-order chi connectivity index (χ0) is 14.5. The van der Waals surface area contributed by atoms with Crippen molar-refractivity contribution in [2.45, 2.75) is 6.04 Å². The number of amides is 1. The summed E-state index contributed by atoms with van der Waals surface area (Å²) in [6.45, 7) is 3.82. The van der Waals surface area contributed by atoms with Crippen molar-refractivity contribution in [2.75, 3.05) is 32.8 Å². The molecule has 1 unspecified atom stereocenters. The summed E-state index contributed by atoms with van der Waals surface area (Å²) in [7, 11) is 0. The van der Waals surface area contributed by atoms with Gasteiger partial charge in [-0.3, -0.25) is 9.69 Å². The molecule has 3 rings (SSSR count). The number of carbonyl (C=O) groups excluding carboxylic acids is 1. The van der Waals surface area contributed by atoms with Gasteiger partial charge in [-0.25, -0.2) is 0 Å². The summed E-state index contributed by atoms with van der Waals surface area (Å²) >= 11 is 1.67. The molecule has 0 bridgehead atoms. The maximum atomic E-state index is 12.0. The third-order valence-corrected chi connectivity index (χ3v) is 4.32. The van der Waals surface area contributed by atoms with E-state index in [0.29, 0.717) is 12.3 Å². The lowest BCUT2D eigenvalue weighted by Crippen LogP contribution is -2.43. The van der Waals surface area contributed by atoms with Crippen LogP contribution in [0.1, 0.15) is 22.2 Å². The Kier molecular flexibility index (Phi) is 4.69. The second kappa shape index (κ2) is 6.89. The van der Waals surface area contributed by atoms with E-state index in [1.54, 1.807) is 23.5 Å². The van der Waals surface area contributed by atoms with Crippen molar-refractivity contribution in [2.24, 2.45) is 0 Å². The van der Waals surface area contributed by atoms with Crippen LogP contribution in [-0.2, 0) is 4.74 Å². The Morgan fingerprint density at radius 3 is 2.90 bits per heavy atom. The van der Waals surface area contributed by atoms with Crippen molar-refractivity contribution >= 4 is 17.2 Å². The molecule has 2 aromatic rings. The fraction of sp³-hybridized carbons (Fsp3) is 0.400. The number of nitrogens with zero attached hydrogens (tertiary/aromatic N) is 1. The maximum Gasteiger partial charge on any atom is 0.287 e. The number of hydrogen-bond acceptors (Lipinski definition) is 5. The van der Waals surface area contributed by atoms with Crippen LogP contribution < -0.4 is 5.32 Å². The summed E-state index contributed by atoms with van der Waals surface area (Å²) in [5.41, 5.74) is 1.24.